The Morgan fingerprint density at radius 2 is 2.05 bits per heavy atom. The molecule has 0 aromatic heterocycles. The highest BCUT2D eigenvalue weighted by molar-refractivity contribution is 6.03. The maximum absolute atomic E-state index is 12.2. The summed E-state index contributed by atoms with van der Waals surface area (Å²) in [6.07, 6.45) is 3.57. The highest BCUT2D eigenvalue weighted by atomic mass is 16.2. The molecule has 2 rings (SSSR count). The highest BCUT2D eigenvalue weighted by Gasteiger charge is 2.25. The van der Waals surface area contributed by atoms with Crippen LogP contribution in [0.2, 0.25) is 0 Å². The normalized spacial score (nSPS) is 14.2. The number of rotatable bonds is 8. The lowest BCUT2D eigenvalue weighted by Gasteiger charge is -2.21. The second kappa shape index (κ2) is 7.22. The van der Waals surface area contributed by atoms with E-state index in [1.54, 1.807) is 24.3 Å². The lowest BCUT2D eigenvalue weighted by Crippen LogP contribution is -2.35. The molecule has 1 fully saturated rings. The van der Waals surface area contributed by atoms with Crippen LogP contribution in [0.15, 0.2) is 24.3 Å². The maximum atomic E-state index is 12.2. The Bertz CT molecular complexity index is 512. The predicted octanol–water partition coefficient (Wildman–Crippen LogP) is 1.85. The summed E-state index contributed by atoms with van der Waals surface area (Å²) < 4.78 is 0. The molecule has 5 heteroatoms. The van der Waals surface area contributed by atoms with Crippen molar-refractivity contribution in [3.63, 3.8) is 0 Å². The highest BCUT2D eigenvalue weighted by Crippen LogP contribution is 2.29. The second-order valence-electron chi connectivity index (χ2n) is 5.64. The molecule has 0 spiro atoms. The number of carbonyl (C=O) groups is 2. The molecule has 1 aliphatic rings. The van der Waals surface area contributed by atoms with E-state index in [1.807, 2.05) is 0 Å². The van der Waals surface area contributed by atoms with Crippen LogP contribution in [0.25, 0.3) is 0 Å². The summed E-state index contributed by atoms with van der Waals surface area (Å²) >= 11 is 0. The van der Waals surface area contributed by atoms with Gasteiger partial charge < -0.3 is 11.1 Å². The number of hydrogen-bond acceptors (Lipinski definition) is 3. The fourth-order valence-electron chi connectivity index (χ4n) is 2.42. The van der Waals surface area contributed by atoms with Crippen LogP contribution in [-0.4, -0.2) is 36.3 Å². The quantitative estimate of drug-likeness (QED) is 0.767. The van der Waals surface area contributed by atoms with Crippen molar-refractivity contribution in [2.24, 2.45) is 11.7 Å². The Morgan fingerprint density at radius 3 is 2.67 bits per heavy atom. The van der Waals surface area contributed by atoms with E-state index in [0.717, 1.165) is 25.4 Å². The first-order valence-electron chi connectivity index (χ1n) is 7.51. The minimum Gasteiger partial charge on any atom is -0.366 e. The Hall–Kier alpha value is -1.88. The predicted molar refractivity (Wildman–Crippen MR) is 83.0 cm³/mol. The maximum Gasteiger partial charge on any atom is 0.250 e. The number of nitrogens with two attached hydrogens (primary N) is 1. The lowest BCUT2D eigenvalue weighted by atomic mass is 10.1. The van der Waals surface area contributed by atoms with Gasteiger partial charge in [-0.3, -0.25) is 14.5 Å². The Kier molecular flexibility index (Phi) is 5.33. The number of benzene rings is 1. The topological polar surface area (TPSA) is 75.4 Å². The smallest absolute Gasteiger partial charge is 0.250 e. The summed E-state index contributed by atoms with van der Waals surface area (Å²) in [6.45, 7) is 4.37. The molecule has 0 atom stereocenters. The van der Waals surface area contributed by atoms with E-state index < -0.39 is 5.91 Å². The molecule has 0 bridgehead atoms. The first-order chi connectivity index (χ1) is 10.1. The number of nitrogens with one attached hydrogen (secondary N) is 1. The van der Waals surface area contributed by atoms with Gasteiger partial charge in [-0.2, -0.15) is 0 Å². The van der Waals surface area contributed by atoms with Crippen molar-refractivity contribution in [2.75, 3.05) is 25.0 Å². The monoisotopic (exact) mass is 289 g/mol. The number of amides is 2. The Labute approximate surface area is 125 Å². The molecule has 0 aliphatic heterocycles. The SMILES string of the molecule is CCCN(CC(=O)Nc1ccccc1C(N)=O)CC1CC1. The van der Waals surface area contributed by atoms with E-state index in [4.69, 9.17) is 5.73 Å². The molecular weight excluding hydrogens is 266 g/mol. The molecule has 1 aliphatic carbocycles. The molecule has 21 heavy (non-hydrogen) atoms. The van der Waals surface area contributed by atoms with Gasteiger partial charge in [0.05, 0.1) is 17.8 Å². The van der Waals surface area contributed by atoms with Gasteiger partial charge >= 0.3 is 0 Å². The minimum atomic E-state index is -0.533. The molecule has 3 N–H and O–H groups in total. The summed E-state index contributed by atoms with van der Waals surface area (Å²) in [4.78, 5) is 25.7. The van der Waals surface area contributed by atoms with Gasteiger partial charge in [0, 0.05) is 6.54 Å². The molecular formula is C16H23N3O2. The van der Waals surface area contributed by atoms with Gasteiger partial charge in [-0.1, -0.05) is 19.1 Å². The van der Waals surface area contributed by atoms with Crippen molar-refractivity contribution in [2.45, 2.75) is 26.2 Å². The van der Waals surface area contributed by atoms with Crippen molar-refractivity contribution in [3.8, 4) is 0 Å². The van der Waals surface area contributed by atoms with E-state index in [2.05, 4.69) is 17.1 Å². The first kappa shape index (κ1) is 15.5. The molecule has 1 aromatic rings. The summed E-state index contributed by atoms with van der Waals surface area (Å²) in [6, 6.07) is 6.82. The van der Waals surface area contributed by atoms with Crippen molar-refractivity contribution < 1.29 is 9.59 Å². The van der Waals surface area contributed by atoms with Gasteiger partial charge in [0.15, 0.2) is 0 Å². The van der Waals surface area contributed by atoms with Gasteiger partial charge in [0.1, 0.15) is 0 Å². The molecule has 1 aromatic carbocycles. The van der Waals surface area contributed by atoms with Crippen LogP contribution in [0, 0.1) is 5.92 Å². The van der Waals surface area contributed by atoms with Crippen LogP contribution in [0.5, 0.6) is 0 Å². The van der Waals surface area contributed by atoms with Crippen LogP contribution in [0.1, 0.15) is 36.5 Å². The molecule has 0 unspecified atom stereocenters. The van der Waals surface area contributed by atoms with Gasteiger partial charge in [-0.25, -0.2) is 0 Å². The van der Waals surface area contributed by atoms with Gasteiger partial charge in [-0.15, -0.1) is 0 Å². The van der Waals surface area contributed by atoms with Crippen molar-refractivity contribution in [1.29, 1.82) is 0 Å². The molecule has 2 amide bonds. The van der Waals surface area contributed by atoms with E-state index >= 15 is 0 Å². The second-order valence-corrected chi connectivity index (χ2v) is 5.64. The number of nitrogens with zero attached hydrogens (tertiary/aromatic N) is 1. The number of carbonyl (C=O) groups excluding carboxylic acids is 2. The van der Waals surface area contributed by atoms with Gasteiger partial charge in [0.25, 0.3) is 5.91 Å². The summed E-state index contributed by atoms with van der Waals surface area (Å²) in [5.74, 6) is 0.120. The van der Waals surface area contributed by atoms with Crippen molar-refractivity contribution >= 4 is 17.5 Å². The van der Waals surface area contributed by atoms with Crippen LogP contribution in [-0.2, 0) is 4.79 Å². The van der Waals surface area contributed by atoms with Crippen LogP contribution in [0.4, 0.5) is 5.69 Å². The zero-order valence-electron chi connectivity index (χ0n) is 12.5. The fraction of sp³-hybridized carbons (Fsp3) is 0.500. The molecule has 1 saturated carbocycles. The van der Waals surface area contributed by atoms with Crippen LogP contribution in [0.3, 0.4) is 0 Å². The summed E-state index contributed by atoms with van der Waals surface area (Å²) in [7, 11) is 0. The largest absolute Gasteiger partial charge is 0.366 e. The number of para-hydroxylation sites is 1. The number of hydrogen-bond donors (Lipinski definition) is 2. The van der Waals surface area contributed by atoms with E-state index in [-0.39, 0.29) is 5.91 Å². The van der Waals surface area contributed by atoms with E-state index in [0.29, 0.717) is 17.8 Å². The molecule has 0 heterocycles. The zero-order chi connectivity index (χ0) is 15.2. The molecule has 0 saturated heterocycles. The Morgan fingerprint density at radius 1 is 1.33 bits per heavy atom. The lowest BCUT2D eigenvalue weighted by molar-refractivity contribution is -0.117. The van der Waals surface area contributed by atoms with Gasteiger partial charge in [0.2, 0.25) is 5.91 Å². The molecule has 5 nitrogen and oxygen atoms in total. The standard InChI is InChI=1S/C16H23N3O2/c1-2-9-19(10-12-7-8-12)11-15(20)18-14-6-4-3-5-13(14)16(17)21/h3-6,12H,2,7-11H2,1H3,(H2,17,21)(H,18,20). The number of anilines is 1. The third kappa shape index (κ3) is 4.86. The number of primary amides is 1. The van der Waals surface area contributed by atoms with Gasteiger partial charge in [-0.05, 0) is 43.9 Å². The van der Waals surface area contributed by atoms with Crippen molar-refractivity contribution in [3.05, 3.63) is 29.8 Å². The van der Waals surface area contributed by atoms with E-state index in [1.165, 1.54) is 12.8 Å². The summed E-state index contributed by atoms with van der Waals surface area (Å²) in [5, 5.41) is 2.79. The minimum absolute atomic E-state index is 0.0993. The average Bonchev–Trinajstić information content (AvgIpc) is 3.23. The zero-order valence-corrected chi connectivity index (χ0v) is 12.5. The third-order valence-electron chi connectivity index (χ3n) is 3.59. The first-order valence-corrected chi connectivity index (χ1v) is 7.51. The fourth-order valence-corrected chi connectivity index (χ4v) is 2.42. The molecule has 114 valence electrons. The van der Waals surface area contributed by atoms with Crippen LogP contribution >= 0.6 is 0 Å². The average molecular weight is 289 g/mol. The third-order valence-corrected chi connectivity index (χ3v) is 3.59. The Balaban J connectivity index is 1.95. The molecule has 0 radical (unpaired) electrons. The van der Waals surface area contributed by atoms with E-state index in [9.17, 15) is 9.59 Å². The van der Waals surface area contributed by atoms with Crippen molar-refractivity contribution in [1.82, 2.24) is 4.90 Å². The van der Waals surface area contributed by atoms with Crippen LogP contribution < -0.4 is 11.1 Å². The summed E-state index contributed by atoms with van der Waals surface area (Å²) in [5.41, 5.74) is 6.14.